The zero-order valence-electron chi connectivity index (χ0n) is 13.9. The third-order valence-electron chi connectivity index (χ3n) is 4.10. The quantitative estimate of drug-likeness (QED) is 0.686. The van der Waals surface area contributed by atoms with Crippen LogP contribution in [0.2, 0.25) is 0 Å². The van der Waals surface area contributed by atoms with Crippen LogP contribution in [0.25, 0.3) is 17.0 Å². The van der Waals surface area contributed by atoms with Crippen molar-refractivity contribution >= 4 is 11.4 Å². The molecule has 0 atom stereocenters. The Morgan fingerprint density at radius 3 is 2.59 bits per heavy atom. The van der Waals surface area contributed by atoms with E-state index in [0.29, 0.717) is 22.6 Å². The van der Waals surface area contributed by atoms with Gasteiger partial charge in [-0.3, -0.25) is 10.4 Å². The molecule has 1 aliphatic heterocycles. The molecule has 0 radical (unpaired) electrons. The third-order valence-corrected chi connectivity index (χ3v) is 4.10. The number of hydrogen-bond acceptors (Lipinski definition) is 4. The number of anilines is 1. The average molecular weight is 369 g/mol. The average Bonchev–Trinajstić information content (AvgIpc) is 3.18. The standard InChI is InChI=1S/C20H14F3N3O/c21-20(22,23)15-8-4-9-16(12-15)26-11-5-10-18(24-26)17-13-27-25-19(17)14-6-2-1-3-7-14/h1-13,24H. The van der Waals surface area contributed by atoms with Gasteiger partial charge in [-0.1, -0.05) is 41.6 Å². The highest BCUT2D eigenvalue weighted by Crippen LogP contribution is 2.33. The molecule has 4 nitrogen and oxygen atoms in total. The van der Waals surface area contributed by atoms with Gasteiger partial charge in [0.1, 0.15) is 12.0 Å². The maximum Gasteiger partial charge on any atom is 0.416 e. The number of halogens is 3. The first-order valence-corrected chi connectivity index (χ1v) is 8.14. The molecule has 27 heavy (non-hydrogen) atoms. The maximum atomic E-state index is 13.0. The summed E-state index contributed by atoms with van der Waals surface area (Å²) >= 11 is 0. The topological polar surface area (TPSA) is 41.3 Å². The Kier molecular flexibility index (Phi) is 4.19. The molecule has 3 aromatic rings. The molecule has 0 aliphatic carbocycles. The first kappa shape index (κ1) is 17.0. The molecule has 4 rings (SSSR count). The van der Waals surface area contributed by atoms with E-state index in [2.05, 4.69) is 10.6 Å². The van der Waals surface area contributed by atoms with Crippen LogP contribution in [0.5, 0.6) is 0 Å². The van der Waals surface area contributed by atoms with Crippen molar-refractivity contribution in [3.05, 3.63) is 90.3 Å². The van der Waals surface area contributed by atoms with Gasteiger partial charge in [0.25, 0.3) is 0 Å². The number of nitrogens with one attached hydrogen (secondary N) is 1. The van der Waals surface area contributed by atoms with Crippen molar-refractivity contribution < 1.29 is 17.7 Å². The Balaban J connectivity index is 1.63. The number of allylic oxidation sites excluding steroid dienone is 2. The highest BCUT2D eigenvalue weighted by molar-refractivity contribution is 5.79. The Bertz CT molecular complexity index is 1010. The van der Waals surface area contributed by atoms with Crippen LogP contribution in [-0.2, 0) is 6.18 Å². The first-order chi connectivity index (χ1) is 13.0. The van der Waals surface area contributed by atoms with E-state index < -0.39 is 11.7 Å². The summed E-state index contributed by atoms with van der Waals surface area (Å²) in [5, 5.41) is 5.58. The minimum Gasteiger partial charge on any atom is -0.363 e. The predicted octanol–water partition coefficient (Wildman–Crippen LogP) is 5.24. The molecule has 1 aromatic heterocycles. The van der Waals surface area contributed by atoms with Crippen molar-refractivity contribution in [3.8, 4) is 11.3 Å². The largest absolute Gasteiger partial charge is 0.416 e. The lowest BCUT2D eigenvalue weighted by molar-refractivity contribution is -0.137. The Labute approximate surface area is 153 Å². The van der Waals surface area contributed by atoms with Gasteiger partial charge in [-0.25, -0.2) is 0 Å². The first-order valence-electron chi connectivity index (χ1n) is 8.14. The zero-order chi connectivity index (χ0) is 18.9. The van der Waals surface area contributed by atoms with Crippen molar-refractivity contribution in [1.29, 1.82) is 0 Å². The Morgan fingerprint density at radius 1 is 1.00 bits per heavy atom. The lowest BCUT2D eigenvalue weighted by Gasteiger charge is -2.27. The highest BCUT2D eigenvalue weighted by atomic mass is 19.4. The monoisotopic (exact) mass is 369 g/mol. The number of hydrogen-bond donors (Lipinski definition) is 1. The van der Waals surface area contributed by atoms with E-state index in [-0.39, 0.29) is 0 Å². The highest BCUT2D eigenvalue weighted by Gasteiger charge is 2.31. The van der Waals surface area contributed by atoms with Gasteiger partial charge in [0.15, 0.2) is 0 Å². The normalized spacial score (nSPS) is 14.0. The number of benzene rings is 2. The molecule has 1 aliphatic rings. The minimum absolute atomic E-state index is 0.365. The van der Waals surface area contributed by atoms with Gasteiger partial charge in [-0.2, -0.15) is 13.2 Å². The van der Waals surface area contributed by atoms with Crippen LogP contribution in [0, 0.1) is 0 Å². The van der Waals surface area contributed by atoms with Gasteiger partial charge >= 0.3 is 6.18 Å². The molecule has 1 N–H and O–H groups in total. The fourth-order valence-electron chi connectivity index (χ4n) is 2.79. The van der Waals surface area contributed by atoms with Crippen LogP contribution in [0.4, 0.5) is 18.9 Å². The number of alkyl halides is 3. The van der Waals surface area contributed by atoms with E-state index in [0.717, 1.165) is 17.7 Å². The van der Waals surface area contributed by atoms with Gasteiger partial charge in [-0.15, -0.1) is 0 Å². The fourth-order valence-corrected chi connectivity index (χ4v) is 2.79. The van der Waals surface area contributed by atoms with E-state index in [1.165, 1.54) is 17.3 Å². The van der Waals surface area contributed by atoms with Crippen LogP contribution >= 0.6 is 0 Å². The molecule has 0 bridgehead atoms. The molecule has 0 unspecified atom stereocenters. The molecule has 136 valence electrons. The van der Waals surface area contributed by atoms with Gasteiger partial charge in [-0.05, 0) is 30.4 Å². The summed E-state index contributed by atoms with van der Waals surface area (Å²) in [6.45, 7) is 0. The van der Waals surface area contributed by atoms with Crippen molar-refractivity contribution in [2.24, 2.45) is 0 Å². The molecule has 0 saturated carbocycles. The van der Waals surface area contributed by atoms with Gasteiger partial charge in [0, 0.05) is 11.8 Å². The van der Waals surface area contributed by atoms with E-state index >= 15 is 0 Å². The van der Waals surface area contributed by atoms with Crippen LogP contribution in [0.3, 0.4) is 0 Å². The summed E-state index contributed by atoms with van der Waals surface area (Å²) in [5.41, 5.74) is 5.66. The summed E-state index contributed by atoms with van der Waals surface area (Å²) in [7, 11) is 0. The molecule has 2 aromatic carbocycles. The van der Waals surface area contributed by atoms with Gasteiger partial charge < -0.3 is 4.52 Å². The lowest BCUT2D eigenvalue weighted by Crippen LogP contribution is -2.33. The molecule has 2 heterocycles. The fraction of sp³-hybridized carbons (Fsp3) is 0.0500. The molecule has 0 amide bonds. The second kappa shape index (κ2) is 6.68. The van der Waals surface area contributed by atoms with Crippen molar-refractivity contribution in [1.82, 2.24) is 10.6 Å². The number of nitrogens with zero attached hydrogens (tertiary/aromatic N) is 2. The van der Waals surface area contributed by atoms with Crippen LogP contribution in [0.1, 0.15) is 11.1 Å². The van der Waals surface area contributed by atoms with Crippen molar-refractivity contribution in [2.75, 3.05) is 5.01 Å². The number of rotatable bonds is 3. The smallest absolute Gasteiger partial charge is 0.363 e. The Hall–Kier alpha value is -3.48. The Morgan fingerprint density at radius 2 is 1.81 bits per heavy atom. The van der Waals surface area contributed by atoms with Crippen molar-refractivity contribution in [3.63, 3.8) is 0 Å². The van der Waals surface area contributed by atoms with Crippen LogP contribution in [-0.4, -0.2) is 5.16 Å². The molecule has 0 spiro atoms. The van der Waals surface area contributed by atoms with E-state index in [1.807, 2.05) is 36.4 Å². The summed E-state index contributed by atoms with van der Waals surface area (Å²) in [5.74, 6) is 0. The second-order valence-electron chi connectivity index (χ2n) is 5.89. The SMILES string of the molecule is FC(F)(F)c1cccc(N2C=CC=C(c3conc3-c3ccccc3)N2)c1. The van der Waals surface area contributed by atoms with E-state index in [4.69, 9.17) is 4.52 Å². The van der Waals surface area contributed by atoms with Crippen LogP contribution in [0.15, 0.2) is 83.7 Å². The number of aromatic nitrogens is 1. The van der Waals surface area contributed by atoms with Gasteiger partial charge in [0.05, 0.1) is 22.5 Å². The minimum atomic E-state index is -4.40. The second-order valence-corrected chi connectivity index (χ2v) is 5.89. The predicted molar refractivity (Wildman–Crippen MR) is 96.1 cm³/mol. The summed E-state index contributed by atoms with van der Waals surface area (Å²) in [6, 6.07) is 14.6. The summed E-state index contributed by atoms with van der Waals surface area (Å²) < 4.78 is 44.1. The maximum absolute atomic E-state index is 13.0. The molecule has 0 saturated heterocycles. The van der Waals surface area contributed by atoms with E-state index in [9.17, 15) is 13.2 Å². The molecule has 7 heteroatoms. The number of hydrazine groups is 1. The summed E-state index contributed by atoms with van der Waals surface area (Å²) in [6.07, 6.45) is 2.30. The van der Waals surface area contributed by atoms with Crippen LogP contribution < -0.4 is 10.4 Å². The lowest BCUT2D eigenvalue weighted by atomic mass is 10.1. The third kappa shape index (κ3) is 3.44. The summed E-state index contributed by atoms with van der Waals surface area (Å²) in [4.78, 5) is 0. The molecule has 0 fully saturated rings. The molecular formula is C20H14F3N3O. The molecular weight excluding hydrogens is 355 g/mol. The van der Waals surface area contributed by atoms with Crippen molar-refractivity contribution in [2.45, 2.75) is 6.18 Å². The zero-order valence-corrected chi connectivity index (χ0v) is 13.9. The van der Waals surface area contributed by atoms with E-state index in [1.54, 1.807) is 18.3 Å². The van der Waals surface area contributed by atoms with Gasteiger partial charge in [0.2, 0.25) is 0 Å².